The fourth-order valence-electron chi connectivity index (χ4n) is 2.36. The SMILES string of the molecule is COc1c(C)cc(Br)c(C)c1C(O)c1cc(Br)ccc1F. The Hall–Kier alpha value is -0.910. The highest BCUT2D eigenvalue weighted by Gasteiger charge is 2.24. The van der Waals surface area contributed by atoms with Crippen molar-refractivity contribution in [2.45, 2.75) is 20.0 Å². The highest BCUT2D eigenvalue weighted by molar-refractivity contribution is 9.10. The highest BCUT2D eigenvalue weighted by atomic mass is 79.9. The van der Waals surface area contributed by atoms with Crippen molar-refractivity contribution in [3.63, 3.8) is 0 Å². The average molecular weight is 418 g/mol. The van der Waals surface area contributed by atoms with Crippen molar-refractivity contribution < 1.29 is 14.2 Å². The van der Waals surface area contributed by atoms with Gasteiger partial charge in [0.05, 0.1) is 7.11 Å². The van der Waals surface area contributed by atoms with Gasteiger partial charge in [0.1, 0.15) is 17.7 Å². The zero-order valence-electron chi connectivity index (χ0n) is 11.9. The van der Waals surface area contributed by atoms with E-state index in [-0.39, 0.29) is 5.56 Å². The minimum atomic E-state index is -1.10. The number of methoxy groups -OCH3 is 1. The van der Waals surface area contributed by atoms with E-state index in [0.717, 1.165) is 15.6 Å². The summed E-state index contributed by atoms with van der Waals surface area (Å²) in [7, 11) is 1.54. The molecule has 2 nitrogen and oxygen atoms in total. The van der Waals surface area contributed by atoms with Crippen molar-refractivity contribution in [2.75, 3.05) is 7.11 Å². The molecule has 1 unspecified atom stereocenters. The van der Waals surface area contributed by atoms with Crippen LogP contribution in [0.5, 0.6) is 5.75 Å². The van der Waals surface area contributed by atoms with E-state index in [9.17, 15) is 9.50 Å². The number of hydrogen-bond donors (Lipinski definition) is 1. The fraction of sp³-hybridized carbons (Fsp3) is 0.250. The third kappa shape index (κ3) is 3.15. The van der Waals surface area contributed by atoms with Crippen molar-refractivity contribution in [3.05, 3.63) is 61.3 Å². The summed E-state index contributed by atoms with van der Waals surface area (Å²) in [6.45, 7) is 3.75. The second-order valence-electron chi connectivity index (χ2n) is 4.82. The zero-order chi connectivity index (χ0) is 15.7. The molecule has 0 amide bonds. The Morgan fingerprint density at radius 1 is 1.19 bits per heavy atom. The number of aryl methyl sites for hydroxylation is 1. The summed E-state index contributed by atoms with van der Waals surface area (Å²) in [5.41, 5.74) is 2.48. The summed E-state index contributed by atoms with van der Waals surface area (Å²) in [6, 6.07) is 6.42. The lowest BCUT2D eigenvalue weighted by Gasteiger charge is -2.21. The number of hydrogen-bond acceptors (Lipinski definition) is 2. The average Bonchev–Trinajstić information content (AvgIpc) is 2.44. The van der Waals surface area contributed by atoms with Crippen molar-refractivity contribution >= 4 is 31.9 Å². The van der Waals surface area contributed by atoms with E-state index >= 15 is 0 Å². The molecule has 0 bridgehead atoms. The Morgan fingerprint density at radius 2 is 1.86 bits per heavy atom. The maximum absolute atomic E-state index is 14.0. The Morgan fingerprint density at radius 3 is 2.48 bits per heavy atom. The molecule has 0 saturated carbocycles. The minimum Gasteiger partial charge on any atom is -0.496 e. The standard InChI is InChI=1S/C16H15Br2FO2/c1-8-6-12(18)9(2)14(16(8)21-3)15(20)11-7-10(17)4-5-13(11)19/h4-7,15,20H,1-3H3. The van der Waals surface area contributed by atoms with Gasteiger partial charge in [-0.25, -0.2) is 4.39 Å². The molecule has 0 aliphatic carbocycles. The van der Waals surface area contributed by atoms with Gasteiger partial charge in [0.25, 0.3) is 0 Å². The third-order valence-corrected chi connectivity index (χ3v) is 4.76. The number of benzene rings is 2. The summed E-state index contributed by atoms with van der Waals surface area (Å²) in [6.07, 6.45) is -1.10. The normalized spacial score (nSPS) is 12.3. The second-order valence-corrected chi connectivity index (χ2v) is 6.59. The van der Waals surface area contributed by atoms with Gasteiger partial charge in [-0.05, 0) is 49.2 Å². The summed E-state index contributed by atoms with van der Waals surface area (Å²) in [4.78, 5) is 0. The van der Waals surface area contributed by atoms with Gasteiger partial charge in [-0.3, -0.25) is 0 Å². The van der Waals surface area contributed by atoms with Gasteiger partial charge in [-0.15, -0.1) is 0 Å². The number of rotatable bonds is 3. The maximum Gasteiger partial charge on any atom is 0.129 e. The minimum absolute atomic E-state index is 0.211. The van der Waals surface area contributed by atoms with Crippen LogP contribution in [0.25, 0.3) is 0 Å². The van der Waals surface area contributed by atoms with Crippen LogP contribution < -0.4 is 4.74 Å². The van der Waals surface area contributed by atoms with Gasteiger partial charge in [-0.2, -0.15) is 0 Å². The number of aliphatic hydroxyl groups excluding tert-OH is 1. The first-order valence-electron chi connectivity index (χ1n) is 6.33. The van der Waals surface area contributed by atoms with Crippen LogP contribution in [0.15, 0.2) is 33.2 Å². The monoisotopic (exact) mass is 416 g/mol. The molecule has 2 aromatic rings. The molecule has 21 heavy (non-hydrogen) atoms. The predicted octanol–water partition coefficient (Wildman–Crippen LogP) is 5.06. The predicted molar refractivity (Wildman–Crippen MR) is 88.3 cm³/mol. The van der Waals surface area contributed by atoms with E-state index in [2.05, 4.69) is 31.9 Å². The molecule has 1 atom stereocenters. The quantitative estimate of drug-likeness (QED) is 0.756. The fourth-order valence-corrected chi connectivity index (χ4v) is 3.29. The number of aliphatic hydroxyl groups is 1. The van der Waals surface area contributed by atoms with E-state index in [1.54, 1.807) is 19.2 Å². The lowest BCUT2D eigenvalue weighted by molar-refractivity contribution is 0.208. The van der Waals surface area contributed by atoms with E-state index in [1.807, 2.05) is 19.9 Å². The molecule has 0 radical (unpaired) electrons. The summed E-state index contributed by atoms with van der Waals surface area (Å²) >= 11 is 6.77. The molecule has 112 valence electrons. The van der Waals surface area contributed by atoms with Gasteiger partial charge in [-0.1, -0.05) is 31.9 Å². The molecular formula is C16H15Br2FO2. The number of ether oxygens (including phenoxy) is 1. The summed E-state index contributed by atoms with van der Waals surface area (Å²) < 4.78 is 21.0. The Balaban J connectivity index is 2.68. The molecule has 0 saturated heterocycles. The first-order valence-corrected chi connectivity index (χ1v) is 7.92. The van der Waals surface area contributed by atoms with Crippen LogP contribution in [0, 0.1) is 19.7 Å². The van der Waals surface area contributed by atoms with Crippen LogP contribution in [0.1, 0.15) is 28.4 Å². The molecule has 0 spiro atoms. The Kier molecular flexibility index (Phi) is 5.07. The lowest BCUT2D eigenvalue weighted by Crippen LogP contribution is -2.08. The molecule has 0 fully saturated rings. The largest absolute Gasteiger partial charge is 0.496 e. The van der Waals surface area contributed by atoms with E-state index < -0.39 is 11.9 Å². The van der Waals surface area contributed by atoms with E-state index in [1.165, 1.54) is 6.07 Å². The van der Waals surface area contributed by atoms with Crippen LogP contribution in [0.4, 0.5) is 4.39 Å². The molecule has 2 rings (SSSR count). The highest BCUT2D eigenvalue weighted by Crippen LogP contribution is 2.39. The van der Waals surface area contributed by atoms with Gasteiger partial charge < -0.3 is 9.84 Å². The molecule has 1 N–H and O–H groups in total. The summed E-state index contributed by atoms with van der Waals surface area (Å²) in [5.74, 6) is 0.118. The first kappa shape index (κ1) is 16.5. The van der Waals surface area contributed by atoms with Gasteiger partial charge in [0, 0.05) is 20.1 Å². The Bertz CT molecular complexity index is 686. The van der Waals surface area contributed by atoms with Gasteiger partial charge in [0.15, 0.2) is 0 Å². The smallest absolute Gasteiger partial charge is 0.129 e. The van der Waals surface area contributed by atoms with Crippen LogP contribution in [0.3, 0.4) is 0 Å². The van der Waals surface area contributed by atoms with Crippen molar-refractivity contribution in [3.8, 4) is 5.75 Å². The van der Waals surface area contributed by atoms with Crippen LogP contribution in [0.2, 0.25) is 0 Å². The third-order valence-electron chi connectivity index (χ3n) is 3.44. The van der Waals surface area contributed by atoms with Crippen LogP contribution in [-0.4, -0.2) is 12.2 Å². The molecule has 0 aliphatic rings. The van der Waals surface area contributed by atoms with Crippen LogP contribution in [-0.2, 0) is 0 Å². The van der Waals surface area contributed by atoms with Crippen molar-refractivity contribution in [2.24, 2.45) is 0 Å². The van der Waals surface area contributed by atoms with E-state index in [0.29, 0.717) is 15.8 Å². The van der Waals surface area contributed by atoms with Crippen molar-refractivity contribution in [1.29, 1.82) is 0 Å². The van der Waals surface area contributed by atoms with Gasteiger partial charge >= 0.3 is 0 Å². The second kappa shape index (κ2) is 6.46. The maximum atomic E-state index is 14.0. The first-order chi connectivity index (χ1) is 9.86. The Labute approximate surface area is 140 Å². The number of halogens is 3. The van der Waals surface area contributed by atoms with Crippen molar-refractivity contribution in [1.82, 2.24) is 0 Å². The molecule has 0 heterocycles. The molecule has 5 heteroatoms. The zero-order valence-corrected chi connectivity index (χ0v) is 15.0. The van der Waals surface area contributed by atoms with E-state index in [4.69, 9.17) is 4.74 Å². The molecule has 0 aliphatic heterocycles. The molecule has 2 aromatic carbocycles. The summed E-state index contributed by atoms with van der Waals surface area (Å²) in [5, 5.41) is 10.7. The molecule has 0 aromatic heterocycles. The lowest BCUT2D eigenvalue weighted by atomic mass is 9.94. The topological polar surface area (TPSA) is 29.5 Å². The van der Waals surface area contributed by atoms with Gasteiger partial charge in [0.2, 0.25) is 0 Å². The van der Waals surface area contributed by atoms with Crippen LogP contribution >= 0.6 is 31.9 Å². The molecular weight excluding hydrogens is 403 g/mol.